The highest BCUT2D eigenvalue weighted by atomic mass is 32.2. The van der Waals surface area contributed by atoms with Gasteiger partial charge in [0.25, 0.3) is 0 Å². The van der Waals surface area contributed by atoms with Crippen LogP contribution in [0, 0.1) is 0 Å². The van der Waals surface area contributed by atoms with Crippen molar-refractivity contribution in [3.8, 4) is 0 Å². The zero-order chi connectivity index (χ0) is 8.10. The Labute approximate surface area is 78.3 Å². The molecule has 1 rings (SSSR count). The standard InChI is InChI=1S/C8H15NS2/c1-11-8(10)9-7-5-3-2-4-6-7/h7H,2-6H2,1H3,(H,9,10). The van der Waals surface area contributed by atoms with Crippen molar-refractivity contribution in [3.05, 3.63) is 0 Å². The minimum absolute atomic E-state index is 0.670. The van der Waals surface area contributed by atoms with Gasteiger partial charge in [-0.05, 0) is 19.1 Å². The molecule has 1 nitrogen and oxygen atoms in total. The molecule has 0 aromatic rings. The average molecular weight is 189 g/mol. The number of hydrogen-bond acceptors (Lipinski definition) is 2. The van der Waals surface area contributed by atoms with Crippen LogP contribution >= 0.6 is 24.0 Å². The summed E-state index contributed by atoms with van der Waals surface area (Å²) in [5.74, 6) is 0. The molecule has 0 unspecified atom stereocenters. The third kappa shape index (κ3) is 3.43. The van der Waals surface area contributed by atoms with E-state index in [0.29, 0.717) is 6.04 Å². The Bertz CT molecular complexity index is 130. The van der Waals surface area contributed by atoms with Crippen molar-refractivity contribution in [2.24, 2.45) is 0 Å². The SMILES string of the molecule is CSC(=S)NC1CCCCC1. The highest BCUT2D eigenvalue weighted by Gasteiger charge is 2.12. The number of thiocarbonyl (C=S) groups is 1. The first-order valence-electron chi connectivity index (χ1n) is 4.17. The monoisotopic (exact) mass is 189 g/mol. The molecule has 0 saturated heterocycles. The summed E-state index contributed by atoms with van der Waals surface area (Å²) in [7, 11) is 0. The van der Waals surface area contributed by atoms with E-state index in [1.165, 1.54) is 32.1 Å². The van der Waals surface area contributed by atoms with Crippen LogP contribution in [0.25, 0.3) is 0 Å². The molecule has 0 spiro atoms. The number of nitrogens with one attached hydrogen (secondary N) is 1. The highest BCUT2D eigenvalue weighted by molar-refractivity contribution is 8.22. The van der Waals surface area contributed by atoms with Crippen LogP contribution in [0.5, 0.6) is 0 Å². The maximum atomic E-state index is 5.09. The van der Waals surface area contributed by atoms with E-state index >= 15 is 0 Å². The fraction of sp³-hybridized carbons (Fsp3) is 0.875. The molecule has 64 valence electrons. The van der Waals surface area contributed by atoms with Crippen LogP contribution in [-0.2, 0) is 0 Å². The van der Waals surface area contributed by atoms with Gasteiger partial charge in [0, 0.05) is 6.04 Å². The molecule has 1 fully saturated rings. The molecule has 1 aliphatic carbocycles. The van der Waals surface area contributed by atoms with Crippen LogP contribution in [0.3, 0.4) is 0 Å². The lowest BCUT2D eigenvalue weighted by Crippen LogP contribution is -2.33. The van der Waals surface area contributed by atoms with E-state index in [9.17, 15) is 0 Å². The molecule has 0 amide bonds. The number of thioether (sulfide) groups is 1. The van der Waals surface area contributed by atoms with Gasteiger partial charge in [0.2, 0.25) is 0 Å². The Morgan fingerprint density at radius 1 is 1.36 bits per heavy atom. The second kappa shape index (κ2) is 4.99. The third-order valence-electron chi connectivity index (χ3n) is 2.11. The minimum Gasteiger partial charge on any atom is -0.368 e. The van der Waals surface area contributed by atoms with Crippen LogP contribution in [0.2, 0.25) is 0 Å². The van der Waals surface area contributed by atoms with Gasteiger partial charge in [0.05, 0.1) is 0 Å². The minimum atomic E-state index is 0.670. The fourth-order valence-corrected chi connectivity index (χ4v) is 1.92. The molecule has 1 saturated carbocycles. The zero-order valence-corrected chi connectivity index (χ0v) is 8.56. The topological polar surface area (TPSA) is 12.0 Å². The summed E-state index contributed by atoms with van der Waals surface area (Å²) >= 11 is 6.73. The first-order chi connectivity index (χ1) is 5.33. The van der Waals surface area contributed by atoms with Gasteiger partial charge in [-0.3, -0.25) is 0 Å². The molecule has 0 aromatic heterocycles. The van der Waals surface area contributed by atoms with E-state index in [1.807, 2.05) is 6.26 Å². The van der Waals surface area contributed by atoms with E-state index in [4.69, 9.17) is 12.2 Å². The van der Waals surface area contributed by atoms with E-state index in [1.54, 1.807) is 11.8 Å². The predicted molar refractivity (Wildman–Crippen MR) is 56.1 cm³/mol. The summed E-state index contributed by atoms with van der Waals surface area (Å²) in [4.78, 5) is 0. The van der Waals surface area contributed by atoms with Crippen molar-refractivity contribution < 1.29 is 0 Å². The van der Waals surface area contributed by atoms with Gasteiger partial charge < -0.3 is 5.32 Å². The van der Waals surface area contributed by atoms with Crippen molar-refractivity contribution >= 4 is 28.3 Å². The molecular weight excluding hydrogens is 174 g/mol. The molecule has 0 heterocycles. The Kier molecular flexibility index (Phi) is 4.23. The van der Waals surface area contributed by atoms with Crippen molar-refractivity contribution in [3.63, 3.8) is 0 Å². The normalized spacial score (nSPS) is 19.7. The summed E-state index contributed by atoms with van der Waals surface area (Å²) in [5.41, 5.74) is 0. The molecule has 1 aliphatic rings. The van der Waals surface area contributed by atoms with Crippen LogP contribution in [0.15, 0.2) is 0 Å². The first kappa shape index (κ1) is 9.33. The van der Waals surface area contributed by atoms with Gasteiger partial charge in [0.15, 0.2) is 0 Å². The van der Waals surface area contributed by atoms with E-state index in [-0.39, 0.29) is 0 Å². The largest absolute Gasteiger partial charge is 0.368 e. The predicted octanol–water partition coefficient (Wildman–Crippen LogP) is 2.56. The van der Waals surface area contributed by atoms with Gasteiger partial charge in [-0.15, -0.1) is 11.8 Å². The average Bonchev–Trinajstić information content (AvgIpc) is 2.06. The number of rotatable bonds is 1. The van der Waals surface area contributed by atoms with E-state index < -0.39 is 0 Å². The lowest BCUT2D eigenvalue weighted by atomic mass is 9.96. The highest BCUT2D eigenvalue weighted by Crippen LogP contribution is 2.17. The molecule has 1 N–H and O–H groups in total. The summed E-state index contributed by atoms with van der Waals surface area (Å²) in [6.45, 7) is 0. The van der Waals surface area contributed by atoms with Crippen molar-refractivity contribution in [2.75, 3.05) is 6.26 Å². The molecule has 0 aromatic carbocycles. The maximum Gasteiger partial charge on any atom is 0.133 e. The fourth-order valence-electron chi connectivity index (χ4n) is 1.47. The Balaban J connectivity index is 2.19. The Hall–Kier alpha value is 0.240. The third-order valence-corrected chi connectivity index (χ3v) is 3.22. The molecule has 3 heteroatoms. The molecule has 0 atom stereocenters. The van der Waals surface area contributed by atoms with Gasteiger partial charge in [0.1, 0.15) is 4.32 Å². The van der Waals surface area contributed by atoms with Gasteiger partial charge >= 0.3 is 0 Å². The number of hydrogen-bond donors (Lipinski definition) is 1. The van der Waals surface area contributed by atoms with Crippen LogP contribution < -0.4 is 5.32 Å². The lowest BCUT2D eigenvalue weighted by Gasteiger charge is -2.23. The second-order valence-electron chi connectivity index (χ2n) is 2.97. The van der Waals surface area contributed by atoms with Crippen molar-refractivity contribution in [2.45, 2.75) is 38.1 Å². The van der Waals surface area contributed by atoms with E-state index in [0.717, 1.165) is 4.32 Å². The maximum absolute atomic E-state index is 5.09. The smallest absolute Gasteiger partial charge is 0.133 e. The van der Waals surface area contributed by atoms with Crippen LogP contribution in [0.1, 0.15) is 32.1 Å². The second-order valence-corrected chi connectivity index (χ2v) is 4.45. The van der Waals surface area contributed by atoms with Crippen molar-refractivity contribution in [1.29, 1.82) is 0 Å². The Morgan fingerprint density at radius 3 is 2.55 bits per heavy atom. The summed E-state index contributed by atoms with van der Waals surface area (Å²) in [6, 6.07) is 0.670. The van der Waals surface area contributed by atoms with Gasteiger partial charge in [-0.1, -0.05) is 31.5 Å². The van der Waals surface area contributed by atoms with E-state index in [2.05, 4.69) is 5.32 Å². The van der Waals surface area contributed by atoms with Crippen LogP contribution in [-0.4, -0.2) is 16.6 Å². The summed E-state index contributed by atoms with van der Waals surface area (Å²) < 4.78 is 0.955. The Morgan fingerprint density at radius 2 is 2.00 bits per heavy atom. The van der Waals surface area contributed by atoms with Crippen LogP contribution in [0.4, 0.5) is 0 Å². The molecule has 0 radical (unpaired) electrons. The lowest BCUT2D eigenvalue weighted by molar-refractivity contribution is 0.416. The first-order valence-corrected chi connectivity index (χ1v) is 5.80. The summed E-state index contributed by atoms with van der Waals surface area (Å²) in [6.07, 6.45) is 8.78. The van der Waals surface area contributed by atoms with Gasteiger partial charge in [-0.2, -0.15) is 0 Å². The molecule has 0 aliphatic heterocycles. The molecule has 11 heavy (non-hydrogen) atoms. The zero-order valence-electron chi connectivity index (χ0n) is 6.93. The summed E-state index contributed by atoms with van der Waals surface area (Å²) in [5, 5.41) is 3.36. The van der Waals surface area contributed by atoms with Gasteiger partial charge in [-0.25, -0.2) is 0 Å². The molecule has 0 bridgehead atoms. The van der Waals surface area contributed by atoms with Crippen molar-refractivity contribution in [1.82, 2.24) is 5.32 Å². The molecular formula is C8H15NS2. The quantitative estimate of drug-likeness (QED) is 0.637.